The van der Waals surface area contributed by atoms with Crippen LogP contribution in [-0.2, 0) is 4.74 Å². The van der Waals surface area contributed by atoms with Crippen molar-refractivity contribution in [2.24, 2.45) is 0 Å². The van der Waals surface area contributed by atoms with Crippen LogP contribution in [0.2, 0.25) is 0 Å². The van der Waals surface area contributed by atoms with Crippen molar-refractivity contribution in [2.45, 2.75) is 84.0 Å². The maximum Gasteiger partial charge on any atom is 0.160 e. The first kappa shape index (κ1) is 22.2. The van der Waals surface area contributed by atoms with Gasteiger partial charge in [0, 0.05) is 12.8 Å². The van der Waals surface area contributed by atoms with Gasteiger partial charge in [-0.2, -0.15) is 0 Å². The van der Waals surface area contributed by atoms with Crippen LogP contribution in [0.15, 0.2) is 25.8 Å². The Morgan fingerprint density at radius 2 is 1.76 bits per heavy atom. The molecule has 0 saturated heterocycles. The Hall–Kier alpha value is -1.04. The quantitative estimate of drug-likeness (QED) is 0.259. The van der Waals surface area contributed by atoms with Crippen molar-refractivity contribution in [3.63, 3.8) is 0 Å². The van der Waals surface area contributed by atoms with E-state index >= 15 is 0 Å². The molecule has 2 nitrogen and oxygen atoms in total. The van der Waals surface area contributed by atoms with E-state index in [1.807, 2.05) is 0 Å². The molecule has 0 bridgehead atoms. The van der Waals surface area contributed by atoms with E-state index in [9.17, 15) is 5.11 Å². The summed E-state index contributed by atoms with van der Waals surface area (Å²) in [5.74, 6) is 5.06. The van der Waals surface area contributed by atoms with E-state index in [1.165, 1.54) is 25.7 Å². The molecule has 0 radical (unpaired) electrons. The van der Waals surface area contributed by atoms with Gasteiger partial charge in [0.05, 0.1) is 6.10 Å². The minimum atomic E-state index is -1.08. The van der Waals surface area contributed by atoms with Gasteiger partial charge in [0.2, 0.25) is 0 Å². The monoisotopic (exact) mass is 294 g/mol. The van der Waals surface area contributed by atoms with Gasteiger partial charge < -0.3 is 9.84 Å². The summed E-state index contributed by atoms with van der Waals surface area (Å²) < 4.78 is 5.65. The fourth-order valence-corrected chi connectivity index (χ4v) is 1.92. The van der Waals surface area contributed by atoms with E-state index < -0.39 is 5.79 Å². The molecule has 1 atom stereocenters. The van der Waals surface area contributed by atoms with E-state index in [-0.39, 0.29) is 6.10 Å². The highest BCUT2D eigenvalue weighted by molar-refractivity contribution is 5.04. The normalized spacial score (nSPS) is 11.6. The molecule has 0 saturated carbocycles. The highest BCUT2D eigenvalue weighted by Gasteiger charge is 2.19. The Morgan fingerprint density at radius 3 is 2.29 bits per heavy atom. The molecule has 1 N–H and O–H groups in total. The number of aliphatic hydroxyl groups is 1. The van der Waals surface area contributed by atoms with Gasteiger partial charge in [-0.15, -0.1) is 25.7 Å². The fourth-order valence-electron chi connectivity index (χ4n) is 1.92. The molecule has 0 aromatic heterocycles. The van der Waals surface area contributed by atoms with Crippen molar-refractivity contribution in [3.05, 3.63) is 25.8 Å². The Kier molecular flexibility index (Phi) is 16.3. The van der Waals surface area contributed by atoms with Gasteiger partial charge in [0.1, 0.15) is 0 Å². The topological polar surface area (TPSA) is 29.5 Å². The average Bonchev–Trinajstić information content (AvgIpc) is 2.43. The van der Waals surface area contributed by atoms with Crippen molar-refractivity contribution in [1.29, 1.82) is 0 Å². The molecule has 0 spiro atoms. The fraction of sp³-hybridized carbons (Fsp3) is 0.684. The van der Waals surface area contributed by atoms with Crippen LogP contribution in [0.4, 0.5) is 0 Å². The molecule has 1 unspecified atom stereocenters. The third kappa shape index (κ3) is 19.0. The van der Waals surface area contributed by atoms with E-state index in [0.717, 1.165) is 12.8 Å². The predicted octanol–water partition coefficient (Wildman–Crippen LogP) is 5.23. The number of ether oxygens (including phenoxy) is 1. The van der Waals surface area contributed by atoms with Crippen LogP contribution in [-0.4, -0.2) is 17.0 Å². The van der Waals surface area contributed by atoms with Crippen LogP contribution in [0, 0.1) is 11.8 Å². The summed E-state index contributed by atoms with van der Waals surface area (Å²) in [7, 11) is 0. The second kappa shape index (κ2) is 15.4. The van der Waals surface area contributed by atoms with Crippen LogP contribution in [0.25, 0.3) is 0 Å². The zero-order valence-corrected chi connectivity index (χ0v) is 14.3. The summed E-state index contributed by atoms with van der Waals surface area (Å²) in [6.07, 6.45) is 10.4. The smallest absolute Gasteiger partial charge is 0.160 e. The second-order valence-corrected chi connectivity index (χ2v) is 5.44. The molecule has 21 heavy (non-hydrogen) atoms. The second-order valence-electron chi connectivity index (χ2n) is 5.44. The van der Waals surface area contributed by atoms with Crippen LogP contribution in [0.1, 0.15) is 72.1 Å². The van der Waals surface area contributed by atoms with E-state index in [0.29, 0.717) is 12.8 Å². The molecule has 0 aliphatic heterocycles. The van der Waals surface area contributed by atoms with Crippen LogP contribution < -0.4 is 0 Å². The van der Waals surface area contributed by atoms with Crippen LogP contribution in [0.5, 0.6) is 0 Å². The van der Waals surface area contributed by atoms with Gasteiger partial charge in [0.25, 0.3) is 0 Å². The van der Waals surface area contributed by atoms with Gasteiger partial charge in [-0.25, -0.2) is 0 Å². The summed E-state index contributed by atoms with van der Waals surface area (Å²) >= 11 is 0. The lowest BCUT2D eigenvalue weighted by Crippen LogP contribution is -2.30. The molecule has 0 fully saturated rings. The highest BCUT2D eigenvalue weighted by atomic mass is 16.6. The SMILES string of the molecule is C=C.C=CCC#CCC(CCCCCCC)OC(C)(C)O. The summed E-state index contributed by atoms with van der Waals surface area (Å²) in [6.45, 7) is 15.2. The predicted molar refractivity (Wildman–Crippen MR) is 93.0 cm³/mol. The maximum atomic E-state index is 9.74. The first-order valence-corrected chi connectivity index (χ1v) is 7.96. The maximum absolute atomic E-state index is 9.74. The first-order chi connectivity index (χ1) is 9.99. The van der Waals surface area contributed by atoms with E-state index in [1.54, 1.807) is 19.9 Å². The van der Waals surface area contributed by atoms with Gasteiger partial charge in [0.15, 0.2) is 5.79 Å². The molecule has 0 amide bonds. The zero-order chi connectivity index (χ0) is 16.6. The largest absolute Gasteiger partial charge is 0.366 e. The molecule has 0 aromatic carbocycles. The van der Waals surface area contributed by atoms with Crippen molar-refractivity contribution >= 4 is 0 Å². The molecule has 0 rings (SSSR count). The van der Waals surface area contributed by atoms with Gasteiger partial charge in [-0.3, -0.25) is 0 Å². The van der Waals surface area contributed by atoms with E-state index in [4.69, 9.17) is 4.74 Å². The zero-order valence-electron chi connectivity index (χ0n) is 14.3. The lowest BCUT2D eigenvalue weighted by molar-refractivity contribution is -0.205. The van der Waals surface area contributed by atoms with Crippen LogP contribution in [0.3, 0.4) is 0 Å². The van der Waals surface area contributed by atoms with Crippen molar-refractivity contribution < 1.29 is 9.84 Å². The minimum Gasteiger partial charge on any atom is -0.366 e. The summed E-state index contributed by atoms with van der Waals surface area (Å²) in [6, 6.07) is 0. The Balaban J connectivity index is 0. The van der Waals surface area contributed by atoms with Crippen molar-refractivity contribution in [2.75, 3.05) is 0 Å². The summed E-state index contributed by atoms with van der Waals surface area (Å²) in [5, 5.41) is 9.74. The molecule has 2 heteroatoms. The number of unbranched alkanes of at least 4 members (excludes halogenated alkanes) is 4. The van der Waals surface area contributed by atoms with Crippen molar-refractivity contribution in [3.8, 4) is 11.8 Å². The number of allylic oxidation sites excluding steroid dienone is 1. The summed E-state index contributed by atoms with van der Waals surface area (Å²) in [4.78, 5) is 0. The van der Waals surface area contributed by atoms with Gasteiger partial charge >= 0.3 is 0 Å². The van der Waals surface area contributed by atoms with Gasteiger partial charge in [-0.05, 0) is 20.3 Å². The number of hydrogen-bond donors (Lipinski definition) is 1. The lowest BCUT2D eigenvalue weighted by Gasteiger charge is -2.25. The average molecular weight is 294 g/mol. The van der Waals surface area contributed by atoms with E-state index in [2.05, 4.69) is 38.5 Å². The minimum absolute atomic E-state index is 0.0268. The Labute approximate surface area is 132 Å². The molecule has 0 aromatic rings. The molecular formula is C19H34O2. The third-order valence-electron chi connectivity index (χ3n) is 2.79. The van der Waals surface area contributed by atoms with Gasteiger partial charge in [-0.1, -0.05) is 51.0 Å². The molecule has 0 aliphatic rings. The molecule has 0 heterocycles. The lowest BCUT2D eigenvalue weighted by atomic mass is 10.1. The molecular weight excluding hydrogens is 260 g/mol. The number of hydrogen-bond acceptors (Lipinski definition) is 2. The number of rotatable bonds is 10. The highest BCUT2D eigenvalue weighted by Crippen LogP contribution is 2.17. The summed E-state index contributed by atoms with van der Waals surface area (Å²) in [5.41, 5.74) is 0. The Bertz CT molecular complexity index is 291. The van der Waals surface area contributed by atoms with Crippen LogP contribution >= 0.6 is 0 Å². The molecule has 122 valence electrons. The Morgan fingerprint density at radius 1 is 1.14 bits per heavy atom. The van der Waals surface area contributed by atoms with Crippen molar-refractivity contribution in [1.82, 2.24) is 0 Å². The first-order valence-electron chi connectivity index (χ1n) is 7.96. The molecule has 0 aliphatic carbocycles. The standard InChI is InChI=1S/C17H30O2.C2H4/c1-5-7-9-11-13-15-16(19-17(3,4)18)14-12-10-8-6-2;1-2/h6,16,18H,2,5,7-9,11,13-15H2,1,3-4H3;1-2H2. The third-order valence-corrected chi connectivity index (χ3v) is 2.79.